The Balaban J connectivity index is 1.98. The van der Waals surface area contributed by atoms with Crippen molar-refractivity contribution in [2.24, 2.45) is 0 Å². The minimum absolute atomic E-state index is 0.0858. The normalized spacial score (nSPS) is 10.9. The number of methoxy groups -OCH3 is 1. The summed E-state index contributed by atoms with van der Waals surface area (Å²) in [5.41, 5.74) is 11.3. The Morgan fingerprint density at radius 2 is 1.88 bits per heavy atom. The smallest absolute Gasteiger partial charge is 0.387 e. The average Bonchev–Trinajstić information content (AvgIpc) is 2.57. The van der Waals surface area contributed by atoms with Gasteiger partial charge in [-0.25, -0.2) is 4.79 Å². The molecule has 0 saturated carbocycles. The first kappa shape index (κ1) is 18.8. The molecular formula is C15H15F2N5O4. The fourth-order valence-corrected chi connectivity index (χ4v) is 1.85. The summed E-state index contributed by atoms with van der Waals surface area (Å²) in [6.45, 7) is -3.22. The second-order valence-electron chi connectivity index (χ2n) is 4.70. The van der Waals surface area contributed by atoms with Gasteiger partial charge in [0.2, 0.25) is 11.9 Å². The van der Waals surface area contributed by atoms with Crippen LogP contribution in [0.15, 0.2) is 24.3 Å². The maximum Gasteiger partial charge on any atom is 0.387 e. The number of benzene rings is 1. The van der Waals surface area contributed by atoms with Crippen molar-refractivity contribution in [3.63, 3.8) is 0 Å². The second-order valence-corrected chi connectivity index (χ2v) is 4.70. The van der Waals surface area contributed by atoms with Crippen LogP contribution in [0.4, 0.5) is 20.7 Å². The number of nitrogens with two attached hydrogens (primary N) is 2. The van der Waals surface area contributed by atoms with Crippen LogP contribution >= 0.6 is 0 Å². The molecule has 2 aromatic rings. The van der Waals surface area contributed by atoms with E-state index in [-0.39, 0.29) is 35.8 Å². The van der Waals surface area contributed by atoms with Crippen molar-refractivity contribution in [3.05, 3.63) is 35.7 Å². The fourth-order valence-electron chi connectivity index (χ4n) is 1.85. The molecule has 2 rings (SSSR count). The number of halogens is 2. The van der Waals surface area contributed by atoms with E-state index in [0.29, 0.717) is 5.56 Å². The van der Waals surface area contributed by atoms with Gasteiger partial charge in [0.05, 0.1) is 7.11 Å². The number of nitrogen functional groups attached to an aromatic ring is 2. The van der Waals surface area contributed by atoms with Gasteiger partial charge in [-0.3, -0.25) is 0 Å². The van der Waals surface area contributed by atoms with E-state index in [1.165, 1.54) is 31.4 Å². The van der Waals surface area contributed by atoms with Crippen LogP contribution < -0.4 is 20.9 Å². The number of esters is 1. The summed E-state index contributed by atoms with van der Waals surface area (Å²) in [4.78, 5) is 22.8. The third-order valence-corrected chi connectivity index (χ3v) is 2.88. The standard InChI is InChI=1S/C15H15F2N5O4/c1-24-10-6-8(2-4-9(10)26-13(16)17)3-5-12(23)25-7-11-20-14(18)22-15(19)21-11/h2-6,13H,7H2,1H3,(H4,18,19,20,21,22)/b5-3+. The molecule has 0 radical (unpaired) electrons. The van der Waals surface area contributed by atoms with Crippen molar-refractivity contribution in [2.75, 3.05) is 18.6 Å². The first-order valence-corrected chi connectivity index (χ1v) is 7.11. The third-order valence-electron chi connectivity index (χ3n) is 2.88. The van der Waals surface area contributed by atoms with Gasteiger partial charge in [0.25, 0.3) is 0 Å². The zero-order valence-corrected chi connectivity index (χ0v) is 13.6. The Kier molecular flexibility index (Phi) is 6.20. The number of carbonyl (C=O) groups excluding carboxylic acids is 1. The lowest BCUT2D eigenvalue weighted by atomic mass is 10.2. The van der Waals surface area contributed by atoms with Gasteiger partial charge < -0.3 is 25.7 Å². The number of hydrogen-bond donors (Lipinski definition) is 2. The van der Waals surface area contributed by atoms with E-state index in [2.05, 4.69) is 19.7 Å². The SMILES string of the molecule is COc1cc(/C=C/C(=O)OCc2nc(N)nc(N)n2)ccc1OC(F)F. The molecule has 1 heterocycles. The Morgan fingerprint density at radius 3 is 2.50 bits per heavy atom. The molecule has 4 N–H and O–H groups in total. The molecule has 11 heteroatoms. The molecule has 0 aliphatic rings. The molecule has 0 amide bonds. The van der Waals surface area contributed by atoms with Crippen LogP contribution in [-0.4, -0.2) is 34.6 Å². The van der Waals surface area contributed by atoms with Crippen LogP contribution in [0.2, 0.25) is 0 Å². The first-order chi connectivity index (χ1) is 12.4. The van der Waals surface area contributed by atoms with Gasteiger partial charge in [0.1, 0.15) is 0 Å². The van der Waals surface area contributed by atoms with E-state index >= 15 is 0 Å². The number of hydrogen-bond acceptors (Lipinski definition) is 9. The van der Waals surface area contributed by atoms with Gasteiger partial charge in [0, 0.05) is 6.08 Å². The summed E-state index contributed by atoms with van der Waals surface area (Å²) in [7, 11) is 1.31. The Morgan fingerprint density at radius 1 is 1.19 bits per heavy atom. The molecular weight excluding hydrogens is 352 g/mol. The van der Waals surface area contributed by atoms with E-state index in [1.54, 1.807) is 0 Å². The minimum Gasteiger partial charge on any atom is -0.493 e. The number of anilines is 2. The molecule has 0 unspecified atom stereocenters. The van der Waals surface area contributed by atoms with Crippen molar-refractivity contribution < 1.29 is 27.8 Å². The third kappa shape index (κ3) is 5.54. The van der Waals surface area contributed by atoms with Crippen molar-refractivity contribution in [1.82, 2.24) is 15.0 Å². The van der Waals surface area contributed by atoms with E-state index in [9.17, 15) is 13.6 Å². The monoisotopic (exact) mass is 367 g/mol. The highest BCUT2D eigenvalue weighted by Gasteiger charge is 2.10. The Hall–Kier alpha value is -3.50. The van der Waals surface area contributed by atoms with Crippen LogP contribution in [0.1, 0.15) is 11.4 Å². The van der Waals surface area contributed by atoms with Crippen LogP contribution in [0, 0.1) is 0 Å². The fraction of sp³-hybridized carbons (Fsp3) is 0.200. The molecule has 1 aromatic heterocycles. The van der Waals surface area contributed by atoms with Crippen molar-refractivity contribution in [2.45, 2.75) is 13.2 Å². The molecule has 138 valence electrons. The number of aromatic nitrogens is 3. The van der Waals surface area contributed by atoms with E-state index in [1.807, 2.05) is 0 Å². The minimum atomic E-state index is -2.97. The molecule has 0 fully saturated rings. The molecule has 0 spiro atoms. The number of carbonyl (C=O) groups is 1. The Labute approximate surface area is 146 Å². The summed E-state index contributed by atoms with van der Waals surface area (Å²) in [5, 5.41) is 0. The largest absolute Gasteiger partial charge is 0.493 e. The van der Waals surface area contributed by atoms with Gasteiger partial charge in [-0.1, -0.05) is 6.07 Å². The predicted octanol–water partition coefficient (Wildman–Crippen LogP) is 1.40. The van der Waals surface area contributed by atoms with Gasteiger partial charge >= 0.3 is 12.6 Å². The van der Waals surface area contributed by atoms with E-state index in [4.69, 9.17) is 20.9 Å². The maximum atomic E-state index is 12.3. The Bertz CT molecular complexity index is 796. The van der Waals surface area contributed by atoms with Crippen molar-refractivity contribution >= 4 is 23.9 Å². The lowest BCUT2D eigenvalue weighted by Gasteiger charge is -2.10. The molecule has 0 bridgehead atoms. The zero-order valence-electron chi connectivity index (χ0n) is 13.6. The van der Waals surface area contributed by atoms with Crippen LogP contribution in [0.25, 0.3) is 6.08 Å². The first-order valence-electron chi connectivity index (χ1n) is 7.11. The summed E-state index contributed by atoms with van der Waals surface area (Å²) >= 11 is 0. The van der Waals surface area contributed by atoms with Crippen LogP contribution in [-0.2, 0) is 16.1 Å². The average molecular weight is 367 g/mol. The highest BCUT2D eigenvalue weighted by atomic mass is 19.3. The molecule has 9 nitrogen and oxygen atoms in total. The summed E-state index contributed by atoms with van der Waals surface area (Å²) in [5.74, 6) is -0.778. The second kappa shape index (κ2) is 8.55. The quantitative estimate of drug-likeness (QED) is 0.550. The lowest BCUT2D eigenvalue weighted by Crippen LogP contribution is -2.09. The highest BCUT2D eigenvalue weighted by Crippen LogP contribution is 2.29. The van der Waals surface area contributed by atoms with Gasteiger partial charge in [0.15, 0.2) is 23.9 Å². The number of nitrogens with zero attached hydrogens (tertiary/aromatic N) is 3. The number of rotatable bonds is 7. The molecule has 0 aliphatic heterocycles. The maximum absolute atomic E-state index is 12.3. The van der Waals surface area contributed by atoms with Gasteiger partial charge in [-0.2, -0.15) is 23.7 Å². The molecule has 0 atom stereocenters. The van der Waals surface area contributed by atoms with Crippen LogP contribution in [0.5, 0.6) is 11.5 Å². The van der Waals surface area contributed by atoms with Crippen LogP contribution in [0.3, 0.4) is 0 Å². The zero-order chi connectivity index (χ0) is 19.1. The summed E-state index contributed by atoms with van der Waals surface area (Å²) in [6.07, 6.45) is 2.55. The number of alkyl halides is 2. The number of ether oxygens (including phenoxy) is 3. The lowest BCUT2D eigenvalue weighted by molar-refractivity contribution is -0.139. The predicted molar refractivity (Wildman–Crippen MR) is 87.1 cm³/mol. The molecule has 1 aromatic carbocycles. The van der Waals surface area contributed by atoms with Gasteiger partial charge in [-0.15, -0.1) is 0 Å². The van der Waals surface area contributed by atoms with Crippen molar-refractivity contribution in [1.29, 1.82) is 0 Å². The summed E-state index contributed by atoms with van der Waals surface area (Å²) in [6, 6.07) is 4.19. The topological polar surface area (TPSA) is 135 Å². The van der Waals surface area contributed by atoms with Gasteiger partial charge in [-0.05, 0) is 23.8 Å². The van der Waals surface area contributed by atoms with E-state index < -0.39 is 12.6 Å². The summed E-state index contributed by atoms with van der Waals surface area (Å²) < 4.78 is 38.8. The van der Waals surface area contributed by atoms with E-state index in [0.717, 1.165) is 6.08 Å². The molecule has 0 aliphatic carbocycles. The molecule has 0 saturated heterocycles. The van der Waals surface area contributed by atoms with Crippen molar-refractivity contribution in [3.8, 4) is 11.5 Å². The highest BCUT2D eigenvalue weighted by molar-refractivity contribution is 5.87. The molecule has 26 heavy (non-hydrogen) atoms.